The molecule has 3 rings (SSSR count). The maximum absolute atomic E-state index is 12.2. The van der Waals surface area contributed by atoms with Gasteiger partial charge in [-0.25, -0.2) is 5.43 Å². The fourth-order valence-corrected chi connectivity index (χ4v) is 2.50. The van der Waals surface area contributed by atoms with Gasteiger partial charge in [-0.2, -0.15) is 5.10 Å². The van der Waals surface area contributed by atoms with Gasteiger partial charge in [0.1, 0.15) is 6.61 Å². The van der Waals surface area contributed by atoms with Crippen LogP contribution in [0.5, 0.6) is 11.5 Å². The maximum atomic E-state index is 12.2. The summed E-state index contributed by atoms with van der Waals surface area (Å²) in [4.78, 5) is 24.1. The fourth-order valence-electron chi connectivity index (χ4n) is 2.37. The lowest BCUT2D eigenvalue weighted by molar-refractivity contribution is -0.132. The molecular weight excluding hydrogens is 370 g/mol. The van der Waals surface area contributed by atoms with E-state index in [2.05, 4.69) is 15.8 Å². The second kappa shape index (κ2) is 8.55. The highest BCUT2D eigenvalue weighted by molar-refractivity contribution is 6.30. The van der Waals surface area contributed by atoms with Crippen molar-refractivity contribution in [3.8, 4) is 11.5 Å². The first kappa shape index (κ1) is 18.7. The average Bonchev–Trinajstić information content (AvgIpc) is 2.70. The van der Waals surface area contributed by atoms with Gasteiger partial charge in [0.2, 0.25) is 6.10 Å². The number of hydrogen-bond donors (Lipinski definition) is 2. The van der Waals surface area contributed by atoms with E-state index in [-0.39, 0.29) is 13.2 Å². The van der Waals surface area contributed by atoms with Gasteiger partial charge in [0.15, 0.2) is 11.5 Å². The second-order valence-corrected chi connectivity index (χ2v) is 6.26. The second-order valence-electron chi connectivity index (χ2n) is 5.82. The summed E-state index contributed by atoms with van der Waals surface area (Å²) in [5.41, 5.74) is 3.85. The lowest BCUT2D eigenvalue weighted by atomic mass is 10.1. The van der Waals surface area contributed by atoms with E-state index in [1.807, 2.05) is 6.07 Å². The van der Waals surface area contributed by atoms with Gasteiger partial charge in [-0.3, -0.25) is 9.59 Å². The molecule has 2 N–H and O–H groups in total. The highest BCUT2D eigenvalue weighted by Crippen LogP contribution is 2.30. The third-order valence-corrected chi connectivity index (χ3v) is 4.09. The van der Waals surface area contributed by atoms with Gasteiger partial charge in [0.25, 0.3) is 11.8 Å². The molecule has 0 saturated heterocycles. The molecule has 2 aromatic rings. The van der Waals surface area contributed by atoms with Crippen LogP contribution < -0.4 is 20.2 Å². The fraction of sp³-hybridized carbons (Fsp3) is 0.211. The zero-order valence-electron chi connectivity index (χ0n) is 14.6. The molecule has 2 amide bonds. The standard InChI is InChI=1S/C19H18ClN3O4/c1-12(13-6-8-14(20)9-7-13)22-23-18(24)10-21-19(25)17-11-26-15-4-2-3-5-16(15)27-17/h2-9,17H,10-11H2,1H3,(H,21,25)(H,23,24)/b22-12+. The molecule has 0 bridgehead atoms. The summed E-state index contributed by atoms with van der Waals surface area (Å²) in [6, 6.07) is 14.2. The third-order valence-electron chi connectivity index (χ3n) is 3.83. The molecule has 0 aromatic heterocycles. The van der Waals surface area contributed by atoms with Crippen molar-refractivity contribution < 1.29 is 19.1 Å². The van der Waals surface area contributed by atoms with Crippen molar-refractivity contribution in [3.05, 3.63) is 59.1 Å². The molecule has 0 fully saturated rings. The zero-order valence-corrected chi connectivity index (χ0v) is 15.3. The highest BCUT2D eigenvalue weighted by Gasteiger charge is 2.27. The van der Waals surface area contributed by atoms with Gasteiger partial charge >= 0.3 is 0 Å². The molecule has 8 heteroatoms. The Morgan fingerprint density at radius 3 is 2.59 bits per heavy atom. The number of halogens is 1. The molecule has 0 saturated carbocycles. The first-order chi connectivity index (χ1) is 13.0. The van der Waals surface area contributed by atoms with Gasteiger partial charge < -0.3 is 14.8 Å². The largest absolute Gasteiger partial charge is 0.485 e. The molecule has 0 aliphatic carbocycles. The average molecular weight is 388 g/mol. The van der Waals surface area contributed by atoms with Gasteiger partial charge in [0, 0.05) is 5.02 Å². The van der Waals surface area contributed by atoms with Crippen LogP contribution >= 0.6 is 11.6 Å². The Bertz CT molecular complexity index is 868. The first-order valence-electron chi connectivity index (χ1n) is 8.28. The van der Waals surface area contributed by atoms with E-state index in [1.54, 1.807) is 49.4 Å². The summed E-state index contributed by atoms with van der Waals surface area (Å²) in [6.07, 6.45) is -0.813. The van der Waals surface area contributed by atoms with Crippen LogP contribution in [-0.4, -0.2) is 36.8 Å². The molecule has 27 heavy (non-hydrogen) atoms. The number of fused-ring (bicyclic) bond motifs is 1. The Hall–Kier alpha value is -3.06. The summed E-state index contributed by atoms with van der Waals surface area (Å²) in [5.74, 6) is 0.203. The number of amides is 2. The van der Waals surface area contributed by atoms with Crippen LogP contribution in [0.4, 0.5) is 0 Å². The predicted octanol–water partition coefficient (Wildman–Crippen LogP) is 2.14. The summed E-state index contributed by atoms with van der Waals surface area (Å²) < 4.78 is 11.1. The van der Waals surface area contributed by atoms with Crippen molar-refractivity contribution in [2.45, 2.75) is 13.0 Å². The number of rotatable bonds is 5. The predicted molar refractivity (Wildman–Crippen MR) is 101 cm³/mol. The monoisotopic (exact) mass is 387 g/mol. The zero-order chi connectivity index (χ0) is 19.2. The van der Waals surface area contributed by atoms with E-state index in [0.717, 1.165) is 5.56 Å². The number of benzene rings is 2. The van der Waals surface area contributed by atoms with E-state index >= 15 is 0 Å². The lowest BCUT2D eigenvalue weighted by Crippen LogP contribution is -2.46. The lowest BCUT2D eigenvalue weighted by Gasteiger charge is -2.25. The number of hydrazone groups is 1. The van der Waals surface area contributed by atoms with Crippen LogP contribution in [-0.2, 0) is 9.59 Å². The smallest absolute Gasteiger partial charge is 0.265 e. The summed E-state index contributed by atoms with van der Waals surface area (Å²) in [5, 5.41) is 7.14. The molecule has 1 aliphatic heterocycles. The quantitative estimate of drug-likeness (QED) is 0.607. The third kappa shape index (κ3) is 4.98. The number of carbonyl (C=O) groups excluding carboxylic acids is 2. The number of hydrogen-bond acceptors (Lipinski definition) is 5. The number of carbonyl (C=O) groups is 2. The van der Waals surface area contributed by atoms with Gasteiger partial charge in [0.05, 0.1) is 12.3 Å². The molecular formula is C19H18ClN3O4. The Kier molecular flexibility index (Phi) is 5.93. The van der Waals surface area contributed by atoms with Crippen LogP contribution in [0.15, 0.2) is 53.6 Å². The molecule has 0 spiro atoms. The first-order valence-corrected chi connectivity index (χ1v) is 8.66. The molecule has 7 nitrogen and oxygen atoms in total. The van der Waals surface area contributed by atoms with Crippen molar-refractivity contribution >= 4 is 29.1 Å². The molecule has 140 valence electrons. The van der Waals surface area contributed by atoms with Crippen LogP contribution in [0.25, 0.3) is 0 Å². The van der Waals surface area contributed by atoms with Crippen LogP contribution in [0, 0.1) is 0 Å². The van der Waals surface area contributed by atoms with E-state index in [0.29, 0.717) is 22.2 Å². The molecule has 1 atom stereocenters. The minimum absolute atomic E-state index is 0.0816. The van der Waals surface area contributed by atoms with Gasteiger partial charge in [-0.05, 0) is 36.8 Å². The Balaban J connectivity index is 1.47. The number of ether oxygens (including phenoxy) is 2. The Morgan fingerprint density at radius 1 is 1.15 bits per heavy atom. The van der Waals surface area contributed by atoms with Crippen molar-refractivity contribution in [2.24, 2.45) is 5.10 Å². The number of nitrogens with one attached hydrogen (secondary N) is 2. The van der Waals surface area contributed by atoms with Gasteiger partial charge in [-0.15, -0.1) is 0 Å². The molecule has 1 aliphatic rings. The van der Waals surface area contributed by atoms with E-state index in [1.165, 1.54) is 0 Å². The number of para-hydroxylation sites is 2. The topological polar surface area (TPSA) is 89.0 Å². The van der Waals surface area contributed by atoms with Crippen molar-refractivity contribution in [1.29, 1.82) is 0 Å². The van der Waals surface area contributed by atoms with Crippen molar-refractivity contribution in [1.82, 2.24) is 10.7 Å². The normalized spacial score (nSPS) is 15.8. The SMILES string of the molecule is C/C(=N\NC(=O)CNC(=O)C1COc2ccccc2O1)c1ccc(Cl)cc1. The Labute approximate surface area is 161 Å². The van der Waals surface area contributed by atoms with E-state index in [9.17, 15) is 9.59 Å². The molecule has 1 heterocycles. The van der Waals surface area contributed by atoms with Crippen molar-refractivity contribution in [2.75, 3.05) is 13.2 Å². The highest BCUT2D eigenvalue weighted by atomic mass is 35.5. The Morgan fingerprint density at radius 2 is 1.85 bits per heavy atom. The van der Waals surface area contributed by atoms with Crippen LogP contribution in [0.3, 0.4) is 0 Å². The minimum atomic E-state index is -0.813. The minimum Gasteiger partial charge on any atom is -0.485 e. The van der Waals surface area contributed by atoms with Crippen molar-refractivity contribution in [3.63, 3.8) is 0 Å². The van der Waals surface area contributed by atoms with E-state index < -0.39 is 17.9 Å². The summed E-state index contributed by atoms with van der Waals surface area (Å²) in [7, 11) is 0. The summed E-state index contributed by atoms with van der Waals surface area (Å²) in [6.45, 7) is 1.61. The van der Waals surface area contributed by atoms with Gasteiger partial charge in [-0.1, -0.05) is 35.9 Å². The summed E-state index contributed by atoms with van der Waals surface area (Å²) >= 11 is 5.84. The van der Waals surface area contributed by atoms with Crippen LogP contribution in [0.1, 0.15) is 12.5 Å². The number of nitrogens with zero attached hydrogens (tertiary/aromatic N) is 1. The molecule has 0 radical (unpaired) electrons. The maximum Gasteiger partial charge on any atom is 0.265 e. The molecule has 2 aromatic carbocycles. The van der Waals surface area contributed by atoms with E-state index in [4.69, 9.17) is 21.1 Å². The van der Waals surface area contributed by atoms with Crippen LogP contribution in [0.2, 0.25) is 5.02 Å². The molecule has 1 unspecified atom stereocenters.